The Bertz CT molecular complexity index is 769. The van der Waals surface area contributed by atoms with Crippen molar-refractivity contribution in [2.75, 3.05) is 10.6 Å². The monoisotopic (exact) mass is 358 g/mol. The van der Waals surface area contributed by atoms with Crippen LogP contribution in [-0.2, 0) is 9.59 Å². The van der Waals surface area contributed by atoms with E-state index in [9.17, 15) is 18.4 Å². The van der Waals surface area contributed by atoms with Crippen LogP contribution in [0.1, 0.15) is 6.42 Å². The molecule has 4 nitrogen and oxygen atoms in total. The van der Waals surface area contributed by atoms with Crippen molar-refractivity contribution in [3.63, 3.8) is 0 Å². The van der Waals surface area contributed by atoms with E-state index in [1.165, 1.54) is 18.2 Å². The first-order valence-electron chi connectivity index (χ1n) is 6.35. The Morgan fingerprint density at radius 2 is 1.61 bits per heavy atom. The molecule has 0 spiro atoms. The number of carbonyl (C=O) groups excluding carboxylic acids is 2. The largest absolute Gasteiger partial charge is 0.326 e. The lowest BCUT2D eigenvalue weighted by Gasteiger charge is -2.08. The van der Waals surface area contributed by atoms with Gasteiger partial charge in [0.15, 0.2) is 0 Å². The van der Waals surface area contributed by atoms with Crippen molar-refractivity contribution in [2.24, 2.45) is 0 Å². The Balaban J connectivity index is 1.94. The van der Waals surface area contributed by atoms with Crippen LogP contribution in [0.2, 0.25) is 10.0 Å². The second kappa shape index (κ2) is 7.39. The van der Waals surface area contributed by atoms with Crippen LogP contribution in [0.25, 0.3) is 0 Å². The molecule has 0 atom stereocenters. The lowest BCUT2D eigenvalue weighted by Crippen LogP contribution is -2.21. The lowest BCUT2D eigenvalue weighted by atomic mass is 10.2. The zero-order valence-electron chi connectivity index (χ0n) is 11.5. The fourth-order valence-corrected chi connectivity index (χ4v) is 2.01. The van der Waals surface area contributed by atoms with Gasteiger partial charge < -0.3 is 10.6 Å². The molecule has 0 aliphatic carbocycles. The van der Waals surface area contributed by atoms with Crippen LogP contribution < -0.4 is 10.6 Å². The van der Waals surface area contributed by atoms with Crippen LogP contribution in [0, 0.1) is 11.6 Å². The average Bonchev–Trinajstić information content (AvgIpc) is 2.46. The van der Waals surface area contributed by atoms with E-state index in [1.807, 2.05) is 0 Å². The van der Waals surface area contributed by atoms with Gasteiger partial charge in [0.25, 0.3) is 0 Å². The van der Waals surface area contributed by atoms with E-state index in [4.69, 9.17) is 23.2 Å². The van der Waals surface area contributed by atoms with Crippen LogP contribution in [-0.4, -0.2) is 11.8 Å². The Morgan fingerprint density at radius 3 is 2.26 bits per heavy atom. The zero-order chi connectivity index (χ0) is 17.0. The van der Waals surface area contributed by atoms with Gasteiger partial charge in [-0.15, -0.1) is 0 Å². The lowest BCUT2D eigenvalue weighted by molar-refractivity contribution is -0.123. The third-order valence-electron chi connectivity index (χ3n) is 2.73. The van der Waals surface area contributed by atoms with Crippen molar-refractivity contribution in [3.8, 4) is 0 Å². The molecule has 2 rings (SSSR count). The fourth-order valence-electron chi connectivity index (χ4n) is 1.71. The molecular weight excluding hydrogens is 349 g/mol. The summed E-state index contributed by atoms with van der Waals surface area (Å²) in [7, 11) is 0. The van der Waals surface area contributed by atoms with Crippen LogP contribution in [0.15, 0.2) is 36.4 Å². The molecule has 8 heteroatoms. The minimum absolute atomic E-state index is 0.210. The van der Waals surface area contributed by atoms with Gasteiger partial charge in [-0.2, -0.15) is 0 Å². The van der Waals surface area contributed by atoms with E-state index < -0.39 is 29.9 Å². The number of benzene rings is 2. The van der Waals surface area contributed by atoms with Gasteiger partial charge in [-0.05, 0) is 30.3 Å². The van der Waals surface area contributed by atoms with E-state index in [-0.39, 0.29) is 10.7 Å². The minimum Gasteiger partial charge on any atom is -0.326 e. The molecule has 2 aromatic rings. The second-order valence-corrected chi connectivity index (χ2v) is 5.34. The van der Waals surface area contributed by atoms with Crippen molar-refractivity contribution >= 4 is 46.4 Å². The summed E-state index contributed by atoms with van der Waals surface area (Å²) in [5.74, 6) is -3.06. The van der Waals surface area contributed by atoms with Gasteiger partial charge in [-0.3, -0.25) is 9.59 Å². The Hall–Kier alpha value is -2.18. The highest BCUT2D eigenvalue weighted by atomic mass is 35.5. The first kappa shape index (κ1) is 17.2. The third-order valence-corrected chi connectivity index (χ3v) is 3.47. The molecule has 0 unspecified atom stereocenters. The molecular formula is C15H10Cl2F2N2O2. The molecule has 0 radical (unpaired) electrons. The van der Waals surface area contributed by atoms with Crippen LogP contribution in [0.3, 0.4) is 0 Å². The number of hydrogen-bond donors (Lipinski definition) is 2. The number of hydrogen-bond acceptors (Lipinski definition) is 2. The van der Waals surface area contributed by atoms with Gasteiger partial charge in [0.2, 0.25) is 11.8 Å². The molecule has 2 amide bonds. The summed E-state index contributed by atoms with van der Waals surface area (Å²) in [5.41, 5.74) is 0.156. The van der Waals surface area contributed by atoms with Gasteiger partial charge in [0.1, 0.15) is 18.1 Å². The van der Waals surface area contributed by atoms with Crippen molar-refractivity contribution in [2.45, 2.75) is 6.42 Å². The maximum Gasteiger partial charge on any atom is 0.233 e. The van der Waals surface area contributed by atoms with Crippen molar-refractivity contribution in [3.05, 3.63) is 58.1 Å². The number of rotatable bonds is 4. The smallest absolute Gasteiger partial charge is 0.233 e. The highest BCUT2D eigenvalue weighted by molar-refractivity contribution is 6.42. The Morgan fingerprint density at radius 1 is 0.913 bits per heavy atom. The number of nitrogens with one attached hydrogen (secondary N) is 2. The molecule has 0 aliphatic heterocycles. The molecule has 0 fully saturated rings. The molecule has 0 bridgehead atoms. The third kappa shape index (κ3) is 4.91. The molecule has 0 saturated carbocycles. The van der Waals surface area contributed by atoms with Crippen LogP contribution in [0.5, 0.6) is 0 Å². The number of halogens is 4. The maximum absolute atomic E-state index is 13.4. The topological polar surface area (TPSA) is 58.2 Å². The molecule has 2 N–H and O–H groups in total. The van der Waals surface area contributed by atoms with Crippen molar-refractivity contribution in [1.82, 2.24) is 0 Å². The van der Waals surface area contributed by atoms with E-state index in [0.717, 1.165) is 12.1 Å². The average molecular weight is 359 g/mol. The van der Waals surface area contributed by atoms with Gasteiger partial charge in [-0.1, -0.05) is 23.2 Å². The normalized spacial score (nSPS) is 10.3. The predicted molar refractivity (Wildman–Crippen MR) is 84.7 cm³/mol. The SMILES string of the molecule is O=C(CC(=O)Nc1ccc(F)cc1F)Nc1ccc(Cl)c(Cl)c1. The summed E-state index contributed by atoms with van der Waals surface area (Å²) in [6.07, 6.45) is -0.545. The number of carbonyl (C=O) groups is 2. The quantitative estimate of drug-likeness (QED) is 0.803. The highest BCUT2D eigenvalue weighted by Crippen LogP contribution is 2.25. The summed E-state index contributed by atoms with van der Waals surface area (Å²) in [4.78, 5) is 23.4. The van der Waals surface area contributed by atoms with Gasteiger partial charge in [-0.25, -0.2) is 8.78 Å². The first-order valence-corrected chi connectivity index (χ1v) is 7.10. The second-order valence-electron chi connectivity index (χ2n) is 4.53. The van der Waals surface area contributed by atoms with Crippen molar-refractivity contribution in [1.29, 1.82) is 0 Å². The van der Waals surface area contributed by atoms with E-state index in [2.05, 4.69) is 10.6 Å². The van der Waals surface area contributed by atoms with E-state index in [1.54, 1.807) is 0 Å². The highest BCUT2D eigenvalue weighted by Gasteiger charge is 2.13. The fraction of sp³-hybridized carbons (Fsp3) is 0.0667. The molecule has 0 aliphatic rings. The van der Waals surface area contributed by atoms with Gasteiger partial charge >= 0.3 is 0 Å². The molecule has 120 valence electrons. The number of anilines is 2. The van der Waals surface area contributed by atoms with Gasteiger partial charge in [0.05, 0.1) is 15.7 Å². The Kier molecular flexibility index (Phi) is 5.52. The summed E-state index contributed by atoms with van der Waals surface area (Å²) in [6.45, 7) is 0. The molecule has 0 heterocycles. The zero-order valence-corrected chi connectivity index (χ0v) is 13.0. The Labute approximate surface area is 140 Å². The maximum atomic E-state index is 13.4. The van der Waals surface area contributed by atoms with Gasteiger partial charge in [0, 0.05) is 11.8 Å². The summed E-state index contributed by atoms with van der Waals surface area (Å²) >= 11 is 11.6. The molecule has 23 heavy (non-hydrogen) atoms. The summed E-state index contributed by atoms with van der Waals surface area (Å²) < 4.78 is 26.2. The summed E-state index contributed by atoms with van der Waals surface area (Å²) in [6, 6.07) is 7.13. The van der Waals surface area contributed by atoms with Crippen LogP contribution in [0.4, 0.5) is 20.2 Å². The number of amides is 2. The predicted octanol–water partition coefficient (Wildman–Crippen LogP) is 4.24. The van der Waals surface area contributed by atoms with Crippen LogP contribution >= 0.6 is 23.2 Å². The van der Waals surface area contributed by atoms with E-state index >= 15 is 0 Å². The minimum atomic E-state index is -0.928. The van der Waals surface area contributed by atoms with E-state index in [0.29, 0.717) is 16.8 Å². The first-order chi connectivity index (χ1) is 10.8. The summed E-state index contributed by atoms with van der Waals surface area (Å²) in [5, 5.41) is 5.22. The van der Waals surface area contributed by atoms with Crippen molar-refractivity contribution < 1.29 is 18.4 Å². The molecule has 0 saturated heterocycles. The molecule has 2 aromatic carbocycles. The molecule has 0 aromatic heterocycles. The standard InChI is InChI=1S/C15H10Cl2F2N2O2/c16-10-3-2-9(6-11(10)17)20-14(22)7-15(23)21-13-4-1-8(18)5-12(13)19/h1-6H,7H2,(H,20,22)(H,21,23).